The molecule has 0 saturated carbocycles. The zero-order valence-electron chi connectivity index (χ0n) is 28.4. The minimum absolute atomic E-state index is 0.0929. The number of aromatic nitrogens is 1. The summed E-state index contributed by atoms with van der Waals surface area (Å²) in [6.45, 7) is -0.237. The van der Waals surface area contributed by atoms with Crippen LogP contribution in [0.2, 0.25) is 0 Å². The van der Waals surface area contributed by atoms with E-state index in [1.165, 1.54) is 11.8 Å². The molecule has 274 valence electrons. The lowest BCUT2D eigenvalue weighted by Gasteiger charge is -2.36. The number of rotatable bonds is 10. The molecule has 0 unspecified atom stereocenters. The Hall–Kier alpha value is -4.95. The molecule has 0 radical (unpaired) electrons. The summed E-state index contributed by atoms with van der Waals surface area (Å²) in [7, 11) is 0. The Bertz CT molecular complexity index is 1970. The van der Waals surface area contributed by atoms with Crippen LogP contribution in [-0.4, -0.2) is 57.4 Å². The van der Waals surface area contributed by atoms with E-state index < -0.39 is 36.4 Å². The molecule has 9 nitrogen and oxygen atoms in total. The second kappa shape index (κ2) is 16.0. The summed E-state index contributed by atoms with van der Waals surface area (Å²) in [5.74, 6) is -1.59. The maximum atomic E-state index is 13.2. The molecular weight excluding hydrogens is 708 g/mol. The van der Waals surface area contributed by atoms with Crippen molar-refractivity contribution in [3.8, 4) is 22.6 Å². The van der Waals surface area contributed by atoms with Crippen molar-refractivity contribution >= 4 is 29.3 Å². The number of anilines is 1. The number of hydrogen-bond acceptors (Lipinski definition) is 8. The monoisotopic (exact) mass is 743 g/mol. The van der Waals surface area contributed by atoms with Crippen LogP contribution in [0.5, 0.6) is 0 Å². The Labute approximate surface area is 308 Å². The number of thioether (sulfide) groups is 1. The summed E-state index contributed by atoms with van der Waals surface area (Å²) in [6.07, 6.45) is -5.75. The van der Waals surface area contributed by atoms with E-state index in [2.05, 4.69) is 5.32 Å². The number of aliphatic hydroxyl groups excluding tert-OH is 1. The van der Waals surface area contributed by atoms with Crippen molar-refractivity contribution in [1.82, 2.24) is 9.88 Å². The zero-order chi connectivity index (χ0) is 37.0. The molecule has 0 spiro atoms. The largest absolute Gasteiger partial charge is 0.471 e. The second-order valence-corrected chi connectivity index (χ2v) is 13.8. The number of alkyl halides is 3. The molecule has 7 rings (SSSR count). The van der Waals surface area contributed by atoms with E-state index in [0.29, 0.717) is 45.7 Å². The van der Waals surface area contributed by atoms with Gasteiger partial charge < -0.3 is 29.2 Å². The lowest BCUT2D eigenvalue weighted by Crippen LogP contribution is -2.48. The summed E-state index contributed by atoms with van der Waals surface area (Å²) in [5.41, 5.74) is 5.12. The van der Waals surface area contributed by atoms with E-state index >= 15 is 0 Å². The van der Waals surface area contributed by atoms with Gasteiger partial charge in [0.25, 0.3) is 5.22 Å². The summed E-state index contributed by atoms with van der Waals surface area (Å²) >= 11 is 1.42. The lowest BCUT2D eigenvalue weighted by atomic mass is 10.0. The number of hydrogen-bond donors (Lipinski definition) is 2. The van der Waals surface area contributed by atoms with Crippen LogP contribution in [0, 0.1) is 0 Å². The third-order valence-corrected chi connectivity index (χ3v) is 10.1. The molecule has 5 aromatic rings. The predicted molar refractivity (Wildman–Crippen MR) is 192 cm³/mol. The summed E-state index contributed by atoms with van der Waals surface area (Å²) in [4.78, 5) is 30.6. The van der Waals surface area contributed by atoms with Gasteiger partial charge in [0.05, 0.1) is 18.8 Å². The molecular formula is C40H36F3N3O6S. The number of aliphatic hydroxyl groups is 1. The molecule has 2 saturated heterocycles. The van der Waals surface area contributed by atoms with Crippen LogP contribution in [0.25, 0.3) is 22.6 Å². The van der Waals surface area contributed by atoms with Gasteiger partial charge in [-0.2, -0.15) is 13.2 Å². The quantitative estimate of drug-likeness (QED) is 0.137. The first-order valence-electron chi connectivity index (χ1n) is 17.2. The van der Waals surface area contributed by atoms with E-state index in [0.717, 1.165) is 27.9 Å². The molecule has 2 fully saturated rings. The number of carbonyl (C=O) groups is 2. The van der Waals surface area contributed by atoms with Crippen molar-refractivity contribution in [3.63, 3.8) is 0 Å². The van der Waals surface area contributed by atoms with E-state index in [-0.39, 0.29) is 25.7 Å². The molecule has 2 N–H and O–H groups in total. The molecule has 4 aromatic carbocycles. The minimum atomic E-state index is -5.07. The Morgan fingerprint density at radius 2 is 1.60 bits per heavy atom. The molecule has 13 heteroatoms. The van der Waals surface area contributed by atoms with E-state index in [9.17, 15) is 27.9 Å². The van der Waals surface area contributed by atoms with Gasteiger partial charge in [-0.3, -0.25) is 9.59 Å². The molecule has 2 aliphatic rings. The Morgan fingerprint density at radius 1 is 0.887 bits per heavy atom. The fourth-order valence-corrected chi connectivity index (χ4v) is 7.40. The van der Waals surface area contributed by atoms with Crippen LogP contribution in [-0.2, 0) is 25.7 Å². The average Bonchev–Trinajstić information content (AvgIpc) is 3.86. The van der Waals surface area contributed by atoms with Crippen molar-refractivity contribution in [2.45, 2.75) is 61.8 Å². The molecule has 53 heavy (non-hydrogen) atoms. The maximum absolute atomic E-state index is 13.2. The van der Waals surface area contributed by atoms with Gasteiger partial charge in [-0.15, -0.1) is 0 Å². The Balaban J connectivity index is 1.11. The number of nitrogens with zero attached hydrogens (tertiary/aromatic N) is 2. The van der Waals surface area contributed by atoms with Crippen LogP contribution < -0.4 is 5.32 Å². The van der Waals surface area contributed by atoms with E-state index in [1.54, 1.807) is 24.3 Å². The minimum Gasteiger partial charge on any atom is -0.431 e. The van der Waals surface area contributed by atoms with E-state index in [4.69, 9.17) is 18.9 Å². The Morgan fingerprint density at radius 3 is 2.30 bits per heavy atom. The van der Waals surface area contributed by atoms with Crippen LogP contribution in [0.1, 0.15) is 48.3 Å². The average molecular weight is 744 g/mol. The summed E-state index contributed by atoms with van der Waals surface area (Å²) in [6, 6.07) is 32.6. The maximum Gasteiger partial charge on any atom is 0.471 e. The van der Waals surface area contributed by atoms with Crippen molar-refractivity contribution in [2.24, 2.45) is 0 Å². The third-order valence-electron chi connectivity index (χ3n) is 9.18. The molecule has 0 aliphatic carbocycles. The number of ether oxygens (including phenoxy) is 2. The molecule has 2 amide bonds. The van der Waals surface area contributed by atoms with Crippen molar-refractivity contribution in [1.29, 1.82) is 0 Å². The van der Waals surface area contributed by atoms with Crippen LogP contribution in [0.15, 0.2) is 119 Å². The number of likely N-dealkylation sites (tertiary alicyclic amines) is 1. The molecule has 1 aromatic heterocycles. The number of nitrogens with one attached hydrogen (secondary N) is 1. The highest BCUT2D eigenvalue weighted by Gasteiger charge is 2.47. The first-order chi connectivity index (χ1) is 25.7. The predicted octanol–water partition coefficient (Wildman–Crippen LogP) is 8.33. The highest BCUT2D eigenvalue weighted by Crippen LogP contribution is 2.41. The number of benzene rings is 4. The third kappa shape index (κ3) is 8.49. The number of oxazole rings is 1. The van der Waals surface area contributed by atoms with Gasteiger partial charge in [0, 0.05) is 41.1 Å². The Kier molecular flexibility index (Phi) is 11.0. The van der Waals surface area contributed by atoms with Crippen LogP contribution >= 0.6 is 11.8 Å². The fraction of sp³-hybridized carbons (Fsp3) is 0.275. The van der Waals surface area contributed by atoms with Crippen LogP contribution in [0.4, 0.5) is 18.9 Å². The smallest absolute Gasteiger partial charge is 0.431 e. The van der Waals surface area contributed by atoms with Gasteiger partial charge >= 0.3 is 12.1 Å². The topological polar surface area (TPSA) is 114 Å². The van der Waals surface area contributed by atoms with Gasteiger partial charge in [-0.05, 0) is 36.1 Å². The number of halogens is 3. The highest BCUT2D eigenvalue weighted by atomic mass is 32.2. The van der Waals surface area contributed by atoms with Crippen molar-refractivity contribution in [2.75, 3.05) is 17.6 Å². The zero-order valence-corrected chi connectivity index (χ0v) is 29.2. The van der Waals surface area contributed by atoms with Gasteiger partial charge in [0.1, 0.15) is 11.7 Å². The summed E-state index contributed by atoms with van der Waals surface area (Å²) < 4.78 is 58.9. The number of carbonyl (C=O) groups excluding carboxylic acids is 2. The van der Waals surface area contributed by atoms with Crippen molar-refractivity contribution < 1.29 is 41.8 Å². The van der Waals surface area contributed by atoms with Gasteiger partial charge in [0.15, 0.2) is 12.1 Å². The molecule has 3 heterocycles. The SMILES string of the molecule is O=C(Nc1cccc([C@@H]2O[C@H](CSc3nc(-c4ccccc4)c(-c4ccccc4)o3)C[C@H](c3ccc(CO)cc3)O2)c1)[C@@H]1CCCN1C(=O)C(F)(F)F. The lowest BCUT2D eigenvalue weighted by molar-refractivity contribution is -0.245. The summed E-state index contributed by atoms with van der Waals surface area (Å²) in [5, 5.41) is 12.8. The normalized spacial score (nSPS) is 20.3. The first kappa shape index (κ1) is 36.4. The van der Waals surface area contributed by atoms with Crippen molar-refractivity contribution in [3.05, 3.63) is 126 Å². The fourth-order valence-electron chi connectivity index (χ4n) is 6.56. The second-order valence-electron chi connectivity index (χ2n) is 12.8. The van der Waals surface area contributed by atoms with Gasteiger partial charge in [-0.1, -0.05) is 109 Å². The molecule has 2 aliphatic heterocycles. The van der Waals surface area contributed by atoms with Crippen LogP contribution in [0.3, 0.4) is 0 Å². The highest BCUT2D eigenvalue weighted by molar-refractivity contribution is 7.99. The van der Waals surface area contributed by atoms with Gasteiger partial charge in [-0.25, -0.2) is 4.98 Å². The standard InChI is InChI=1S/C40H36F3N3O6S/c41-40(42,43)38(49)46-20-8-15-32(46)36(48)44-30-14-7-13-29(21-30)37-50-31(22-33(51-37)26-18-16-25(23-47)17-19-26)24-53-39-45-34(27-9-3-1-4-10-27)35(52-39)28-11-5-2-6-12-28/h1-7,9-14,16-19,21,31-33,37,47H,8,15,20,22-24H2,(H,44,48)/t31-,32-,33+,37+/m0/s1. The van der Waals surface area contributed by atoms with Gasteiger partial charge in [0.2, 0.25) is 5.91 Å². The first-order valence-corrected chi connectivity index (χ1v) is 18.2. The molecule has 0 bridgehead atoms. The molecule has 4 atom stereocenters. The number of amides is 2. The van der Waals surface area contributed by atoms with E-state index in [1.807, 2.05) is 84.9 Å².